The Morgan fingerprint density at radius 2 is 1.46 bits per heavy atom. The van der Waals surface area contributed by atoms with Gasteiger partial charge in [-0.15, -0.1) is 0 Å². The molecule has 0 spiro atoms. The van der Waals surface area contributed by atoms with Gasteiger partial charge in [-0.3, -0.25) is 5.10 Å². The predicted octanol–water partition coefficient (Wildman–Crippen LogP) is 5.97. The van der Waals surface area contributed by atoms with Gasteiger partial charge in [0.1, 0.15) is 16.7 Å². The molecule has 0 atom stereocenters. The SMILES string of the molecule is COc1ccc2[nH]ncc2c1.COc1ccc2c(cnn2-c2ccnc(SC)n2)c1.CSc1nccc(Cl)n1. The number of methoxy groups -OCH3 is 2. The minimum absolute atomic E-state index is 0.495. The normalized spacial score (nSPS) is 10.4. The van der Waals surface area contributed by atoms with Crippen molar-refractivity contribution in [2.45, 2.75) is 10.3 Å². The van der Waals surface area contributed by atoms with Crippen molar-refractivity contribution in [1.82, 2.24) is 39.9 Å². The van der Waals surface area contributed by atoms with Gasteiger partial charge in [-0.25, -0.2) is 24.6 Å². The Bertz CT molecular complexity index is 1660. The van der Waals surface area contributed by atoms with Crippen LogP contribution in [0.25, 0.3) is 27.6 Å². The molecule has 6 aromatic rings. The number of hydrogen-bond acceptors (Lipinski definition) is 10. The van der Waals surface area contributed by atoms with E-state index in [4.69, 9.17) is 21.1 Å². The van der Waals surface area contributed by atoms with E-state index >= 15 is 0 Å². The van der Waals surface area contributed by atoms with Crippen LogP contribution in [0.15, 0.2) is 83.6 Å². The number of H-pyrrole nitrogens is 1. The fourth-order valence-corrected chi connectivity index (χ4v) is 4.23. The molecule has 0 aliphatic heterocycles. The molecule has 0 saturated heterocycles. The number of ether oxygens (including phenoxy) is 2. The van der Waals surface area contributed by atoms with Gasteiger partial charge in [0.05, 0.1) is 37.6 Å². The zero-order valence-corrected chi connectivity index (χ0v) is 24.0. The minimum atomic E-state index is 0.495. The van der Waals surface area contributed by atoms with Crippen LogP contribution in [0, 0.1) is 0 Å². The molecule has 1 N–H and O–H groups in total. The number of benzene rings is 2. The summed E-state index contributed by atoms with van der Waals surface area (Å²) in [7, 11) is 3.31. The lowest BCUT2D eigenvalue weighted by Crippen LogP contribution is -2.00. The van der Waals surface area contributed by atoms with Gasteiger partial charge in [0.15, 0.2) is 16.1 Å². The van der Waals surface area contributed by atoms with Crippen molar-refractivity contribution in [2.24, 2.45) is 0 Å². The molecule has 0 unspecified atom stereocenters. The van der Waals surface area contributed by atoms with Gasteiger partial charge < -0.3 is 9.47 Å². The highest BCUT2D eigenvalue weighted by atomic mass is 35.5. The van der Waals surface area contributed by atoms with Crippen LogP contribution in [-0.2, 0) is 0 Å². The minimum Gasteiger partial charge on any atom is -0.497 e. The quantitative estimate of drug-likeness (QED) is 0.148. The number of aromatic amines is 1. The van der Waals surface area contributed by atoms with E-state index in [1.165, 1.54) is 23.5 Å². The second kappa shape index (κ2) is 13.8. The molecule has 13 heteroatoms. The monoisotopic (exact) mass is 580 g/mol. The van der Waals surface area contributed by atoms with Crippen molar-refractivity contribution in [2.75, 3.05) is 26.7 Å². The lowest BCUT2D eigenvalue weighted by atomic mass is 10.2. The van der Waals surface area contributed by atoms with Crippen LogP contribution in [0.2, 0.25) is 5.15 Å². The van der Waals surface area contributed by atoms with E-state index in [-0.39, 0.29) is 0 Å². The third kappa shape index (κ3) is 7.37. The molecule has 0 bridgehead atoms. The average molecular weight is 581 g/mol. The number of thioether (sulfide) groups is 2. The van der Waals surface area contributed by atoms with Gasteiger partial charge in [0.2, 0.25) is 0 Å². The molecule has 0 aliphatic rings. The Balaban J connectivity index is 0.000000149. The van der Waals surface area contributed by atoms with Gasteiger partial charge in [0.25, 0.3) is 0 Å². The van der Waals surface area contributed by atoms with Crippen LogP contribution in [0.4, 0.5) is 0 Å². The summed E-state index contributed by atoms with van der Waals surface area (Å²) in [6.07, 6.45) is 10.8. The van der Waals surface area contributed by atoms with Crippen LogP contribution in [-0.4, -0.2) is 66.6 Å². The maximum atomic E-state index is 5.56. The molecule has 4 aromatic heterocycles. The van der Waals surface area contributed by atoms with Crippen LogP contribution in [0.1, 0.15) is 0 Å². The molecular formula is C26H25ClN8O2S2. The Morgan fingerprint density at radius 3 is 2.13 bits per heavy atom. The van der Waals surface area contributed by atoms with Crippen molar-refractivity contribution in [3.63, 3.8) is 0 Å². The average Bonchev–Trinajstić information content (AvgIpc) is 3.64. The number of aromatic nitrogens is 8. The van der Waals surface area contributed by atoms with Gasteiger partial charge in [-0.05, 0) is 55.0 Å². The number of nitrogens with zero attached hydrogens (tertiary/aromatic N) is 7. The standard InChI is InChI=1S/C13H12N4OS.C8H8N2O.C5H5ClN2S/c1-18-10-3-4-11-9(7-10)8-15-17(11)12-5-6-14-13(16-12)19-2;1-11-7-2-3-8-6(4-7)5-9-10-8;1-9-5-7-3-2-4(6)8-5/h3-8H,1-2H3;2-5H,1H3,(H,9,10);2-3H,1H3. The highest BCUT2D eigenvalue weighted by Gasteiger charge is 2.08. The zero-order valence-electron chi connectivity index (χ0n) is 21.6. The number of halogens is 1. The van der Waals surface area contributed by atoms with E-state index in [0.29, 0.717) is 10.3 Å². The molecule has 39 heavy (non-hydrogen) atoms. The van der Waals surface area contributed by atoms with Gasteiger partial charge >= 0.3 is 0 Å². The molecule has 4 heterocycles. The molecule has 6 rings (SSSR count). The fraction of sp³-hybridized carbons (Fsp3) is 0.154. The van der Waals surface area contributed by atoms with E-state index in [1.807, 2.05) is 55.0 Å². The largest absolute Gasteiger partial charge is 0.497 e. The van der Waals surface area contributed by atoms with Crippen LogP contribution >= 0.6 is 35.1 Å². The zero-order chi connectivity index (χ0) is 27.6. The summed E-state index contributed by atoms with van der Waals surface area (Å²) in [5.41, 5.74) is 2.03. The lowest BCUT2D eigenvalue weighted by molar-refractivity contribution is 0.415. The summed E-state index contributed by atoms with van der Waals surface area (Å²) in [4.78, 5) is 16.4. The summed E-state index contributed by atoms with van der Waals surface area (Å²) < 4.78 is 12.1. The first-order valence-electron chi connectivity index (χ1n) is 11.4. The maximum absolute atomic E-state index is 5.56. The first-order valence-corrected chi connectivity index (χ1v) is 14.3. The summed E-state index contributed by atoms with van der Waals surface area (Å²) >= 11 is 8.54. The van der Waals surface area contributed by atoms with Crippen molar-refractivity contribution < 1.29 is 9.47 Å². The van der Waals surface area contributed by atoms with Gasteiger partial charge in [-0.2, -0.15) is 10.2 Å². The number of rotatable bonds is 5. The van der Waals surface area contributed by atoms with E-state index in [2.05, 4.69) is 35.2 Å². The highest BCUT2D eigenvalue weighted by Crippen LogP contribution is 2.23. The number of hydrogen-bond donors (Lipinski definition) is 1. The molecular weight excluding hydrogens is 556 g/mol. The molecule has 0 aliphatic carbocycles. The maximum Gasteiger partial charge on any atom is 0.189 e. The fourth-order valence-electron chi connectivity index (χ4n) is 3.33. The van der Waals surface area contributed by atoms with Crippen LogP contribution in [0.5, 0.6) is 11.5 Å². The van der Waals surface area contributed by atoms with E-state index in [1.54, 1.807) is 49.8 Å². The lowest BCUT2D eigenvalue weighted by Gasteiger charge is -2.04. The Labute approximate surface area is 238 Å². The summed E-state index contributed by atoms with van der Waals surface area (Å²) in [6.45, 7) is 0. The molecule has 0 fully saturated rings. The third-order valence-electron chi connectivity index (χ3n) is 5.22. The van der Waals surface area contributed by atoms with Gasteiger partial charge in [-0.1, -0.05) is 35.1 Å². The van der Waals surface area contributed by atoms with E-state index in [0.717, 1.165) is 44.3 Å². The van der Waals surface area contributed by atoms with Crippen molar-refractivity contribution in [3.05, 3.63) is 78.5 Å². The summed E-state index contributed by atoms with van der Waals surface area (Å²) in [6, 6.07) is 15.1. The topological polar surface area (TPSA) is 117 Å². The van der Waals surface area contributed by atoms with Crippen LogP contribution in [0.3, 0.4) is 0 Å². The Kier molecular flexibility index (Phi) is 9.95. The number of nitrogens with one attached hydrogen (secondary N) is 1. The highest BCUT2D eigenvalue weighted by molar-refractivity contribution is 7.98. The van der Waals surface area contributed by atoms with E-state index in [9.17, 15) is 0 Å². The van der Waals surface area contributed by atoms with Crippen molar-refractivity contribution >= 4 is 56.9 Å². The first kappa shape index (κ1) is 28.1. The third-order valence-corrected chi connectivity index (χ3v) is 6.56. The molecule has 0 amide bonds. The molecule has 2 aromatic carbocycles. The number of fused-ring (bicyclic) bond motifs is 2. The Hall–Kier alpha value is -3.87. The predicted molar refractivity (Wildman–Crippen MR) is 156 cm³/mol. The second-order valence-electron chi connectivity index (χ2n) is 7.57. The van der Waals surface area contributed by atoms with E-state index < -0.39 is 0 Å². The summed E-state index contributed by atoms with van der Waals surface area (Å²) in [5, 5.41) is 15.2. The van der Waals surface area contributed by atoms with Gasteiger partial charge in [0, 0.05) is 29.2 Å². The molecule has 0 saturated carbocycles. The second-order valence-corrected chi connectivity index (χ2v) is 9.51. The Morgan fingerprint density at radius 1 is 0.795 bits per heavy atom. The molecule has 0 radical (unpaired) electrons. The smallest absolute Gasteiger partial charge is 0.189 e. The molecule has 200 valence electrons. The van der Waals surface area contributed by atoms with Crippen LogP contribution < -0.4 is 9.47 Å². The van der Waals surface area contributed by atoms with Crippen molar-refractivity contribution in [3.8, 4) is 17.3 Å². The first-order chi connectivity index (χ1) is 19.0. The van der Waals surface area contributed by atoms with Crippen molar-refractivity contribution in [1.29, 1.82) is 0 Å². The molecule has 10 nitrogen and oxygen atoms in total. The summed E-state index contributed by atoms with van der Waals surface area (Å²) in [5.74, 6) is 2.44.